The summed E-state index contributed by atoms with van der Waals surface area (Å²) in [6, 6.07) is 11.2. The number of carbonyl (C=O) groups excluding carboxylic acids is 1. The summed E-state index contributed by atoms with van der Waals surface area (Å²) in [4.78, 5) is 12.1. The molecular weight excluding hydrogens is 305 g/mol. The zero-order valence-electron chi connectivity index (χ0n) is 12.2. The van der Waals surface area contributed by atoms with Gasteiger partial charge in [0.25, 0.3) is 5.91 Å². The van der Waals surface area contributed by atoms with Crippen LogP contribution in [0.15, 0.2) is 42.5 Å². The van der Waals surface area contributed by atoms with Crippen molar-refractivity contribution >= 4 is 23.2 Å². The maximum Gasteiger partial charge on any atom is 0.255 e. The Morgan fingerprint density at radius 1 is 1.23 bits per heavy atom. The maximum atomic E-state index is 13.7. The second-order valence-corrected chi connectivity index (χ2v) is 5.19. The third-order valence-electron chi connectivity index (χ3n) is 3.08. The molecule has 0 aliphatic heterocycles. The first-order chi connectivity index (χ1) is 10.6. The lowest BCUT2D eigenvalue weighted by molar-refractivity contribution is 0.102. The van der Waals surface area contributed by atoms with Gasteiger partial charge in [-0.05, 0) is 42.8 Å². The Labute approximate surface area is 134 Å². The van der Waals surface area contributed by atoms with E-state index in [2.05, 4.69) is 12.2 Å². The normalized spacial score (nSPS) is 10.3. The quantitative estimate of drug-likeness (QED) is 0.768. The van der Waals surface area contributed by atoms with E-state index in [-0.39, 0.29) is 10.7 Å². The van der Waals surface area contributed by atoms with Crippen LogP contribution in [0.1, 0.15) is 30.1 Å². The van der Waals surface area contributed by atoms with Gasteiger partial charge in [0.15, 0.2) is 5.82 Å². The molecule has 0 aromatic heterocycles. The third kappa shape index (κ3) is 4.21. The first-order valence-corrected chi connectivity index (χ1v) is 7.48. The van der Waals surface area contributed by atoms with Gasteiger partial charge in [-0.2, -0.15) is 0 Å². The van der Waals surface area contributed by atoms with Gasteiger partial charge < -0.3 is 10.1 Å². The number of ether oxygens (including phenoxy) is 1. The average Bonchev–Trinajstić information content (AvgIpc) is 2.53. The number of rotatable bonds is 6. The molecule has 0 fully saturated rings. The molecule has 1 amide bonds. The molecule has 116 valence electrons. The van der Waals surface area contributed by atoms with Gasteiger partial charge in [-0.3, -0.25) is 4.79 Å². The summed E-state index contributed by atoms with van der Waals surface area (Å²) >= 11 is 5.68. The zero-order valence-corrected chi connectivity index (χ0v) is 13.0. The molecule has 0 spiro atoms. The number of carbonyl (C=O) groups is 1. The van der Waals surface area contributed by atoms with Crippen LogP contribution >= 0.6 is 11.6 Å². The number of hydrogen-bond donors (Lipinski definition) is 1. The third-order valence-corrected chi connectivity index (χ3v) is 3.37. The van der Waals surface area contributed by atoms with Crippen molar-refractivity contribution in [3.8, 4) is 5.75 Å². The van der Waals surface area contributed by atoms with E-state index >= 15 is 0 Å². The van der Waals surface area contributed by atoms with Crippen LogP contribution in [-0.2, 0) is 0 Å². The van der Waals surface area contributed by atoms with Crippen molar-refractivity contribution in [2.75, 3.05) is 11.9 Å². The summed E-state index contributed by atoms with van der Waals surface area (Å²) in [6.07, 6.45) is 2.04. The monoisotopic (exact) mass is 321 g/mol. The number of hydrogen-bond acceptors (Lipinski definition) is 2. The fourth-order valence-electron chi connectivity index (χ4n) is 1.83. The first kappa shape index (κ1) is 16.3. The fourth-order valence-corrected chi connectivity index (χ4v) is 2.01. The molecule has 1 N–H and O–H groups in total. The molecule has 0 bridgehead atoms. The van der Waals surface area contributed by atoms with Gasteiger partial charge in [0.2, 0.25) is 0 Å². The Bertz CT molecular complexity index is 644. The largest absolute Gasteiger partial charge is 0.494 e. The summed E-state index contributed by atoms with van der Waals surface area (Å²) in [5.41, 5.74) is 0.475. The van der Waals surface area contributed by atoms with E-state index in [1.165, 1.54) is 12.1 Å². The predicted molar refractivity (Wildman–Crippen MR) is 86.2 cm³/mol. The Kier molecular flexibility index (Phi) is 5.78. The summed E-state index contributed by atoms with van der Waals surface area (Å²) in [7, 11) is 0. The van der Waals surface area contributed by atoms with Gasteiger partial charge in [0.1, 0.15) is 5.75 Å². The Hall–Kier alpha value is -2.07. The van der Waals surface area contributed by atoms with Gasteiger partial charge in [-0.1, -0.05) is 31.0 Å². The van der Waals surface area contributed by atoms with E-state index in [0.29, 0.717) is 17.9 Å². The summed E-state index contributed by atoms with van der Waals surface area (Å²) in [5.74, 6) is -0.336. The van der Waals surface area contributed by atoms with E-state index in [1.54, 1.807) is 30.3 Å². The molecule has 2 rings (SSSR count). The molecule has 0 atom stereocenters. The number of unbranched alkanes of at least 4 members (excludes halogenated alkanes) is 1. The second kappa shape index (κ2) is 7.80. The number of anilines is 1. The molecule has 2 aromatic carbocycles. The topological polar surface area (TPSA) is 38.3 Å². The molecule has 0 aliphatic rings. The highest BCUT2D eigenvalue weighted by Crippen LogP contribution is 2.22. The van der Waals surface area contributed by atoms with Crippen molar-refractivity contribution < 1.29 is 13.9 Å². The van der Waals surface area contributed by atoms with Crippen LogP contribution in [0.2, 0.25) is 5.02 Å². The fraction of sp³-hybridized carbons (Fsp3) is 0.235. The lowest BCUT2D eigenvalue weighted by Crippen LogP contribution is -2.13. The van der Waals surface area contributed by atoms with E-state index in [1.807, 2.05) is 0 Å². The number of amides is 1. The van der Waals surface area contributed by atoms with Crippen molar-refractivity contribution in [1.29, 1.82) is 0 Å². The molecule has 0 heterocycles. The Morgan fingerprint density at radius 2 is 1.95 bits per heavy atom. The minimum absolute atomic E-state index is 0.0301. The van der Waals surface area contributed by atoms with E-state index in [0.717, 1.165) is 12.8 Å². The molecule has 0 radical (unpaired) electrons. The molecule has 22 heavy (non-hydrogen) atoms. The first-order valence-electron chi connectivity index (χ1n) is 7.10. The number of halogens is 2. The minimum Gasteiger partial charge on any atom is -0.494 e. The molecule has 0 saturated carbocycles. The number of nitrogens with one attached hydrogen (secondary N) is 1. The lowest BCUT2D eigenvalue weighted by Gasteiger charge is -2.08. The van der Waals surface area contributed by atoms with Crippen molar-refractivity contribution in [2.45, 2.75) is 19.8 Å². The Morgan fingerprint density at radius 3 is 2.64 bits per heavy atom. The summed E-state index contributed by atoms with van der Waals surface area (Å²) in [5, 5.41) is 2.47. The van der Waals surface area contributed by atoms with Crippen LogP contribution in [0.3, 0.4) is 0 Å². The highest BCUT2D eigenvalue weighted by atomic mass is 35.5. The van der Waals surface area contributed by atoms with Crippen LogP contribution in [0, 0.1) is 5.82 Å². The highest BCUT2D eigenvalue weighted by Gasteiger charge is 2.11. The van der Waals surface area contributed by atoms with E-state index < -0.39 is 11.7 Å². The average molecular weight is 322 g/mol. The summed E-state index contributed by atoms with van der Waals surface area (Å²) < 4.78 is 19.3. The highest BCUT2D eigenvalue weighted by molar-refractivity contribution is 6.31. The van der Waals surface area contributed by atoms with Gasteiger partial charge >= 0.3 is 0 Å². The molecule has 0 unspecified atom stereocenters. The molecule has 0 saturated heterocycles. The Balaban J connectivity index is 2.02. The van der Waals surface area contributed by atoms with Gasteiger partial charge in [0.05, 0.1) is 17.3 Å². The molecule has 3 nitrogen and oxygen atoms in total. The number of benzene rings is 2. The van der Waals surface area contributed by atoms with Crippen LogP contribution in [-0.4, -0.2) is 12.5 Å². The molecular formula is C17H17ClFNO2. The molecule has 5 heteroatoms. The van der Waals surface area contributed by atoms with E-state index in [4.69, 9.17) is 16.3 Å². The smallest absolute Gasteiger partial charge is 0.255 e. The summed E-state index contributed by atoms with van der Waals surface area (Å²) in [6.45, 7) is 2.74. The lowest BCUT2D eigenvalue weighted by atomic mass is 10.2. The second-order valence-electron chi connectivity index (χ2n) is 4.78. The van der Waals surface area contributed by atoms with Gasteiger partial charge in [0, 0.05) is 5.56 Å². The van der Waals surface area contributed by atoms with Crippen LogP contribution in [0.4, 0.5) is 10.1 Å². The minimum atomic E-state index is -0.642. The predicted octanol–water partition coefficient (Wildman–Crippen LogP) is 4.91. The standard InChI is InChI=1S/C17H17ClFNO2/c1-2-3-11-22-13-9-7-12(8-10-13)17(21)20-15-6-4-5-14(18)16(15)19/h4-10H,2-3,11H2,1H3,(H,20,21). The van der Waals surface area contributed by atoms with Crippen molar-refractivity contribution in [3.05, 3.63) is 58.9 Å². The van der Waals surface area contributed by atoms with Crippen molar-refractivity contribution in [1.82, 2.24) is 0 Å². The van der Waals surface area contributed by atoms with E-state index in [9.17, 15) is 9.18 Å². The molecule has 2 aromatic rings. The van der Waals surface area contributed by atoms with Crippen LogP contribution in [0.25, 0.3) is 0 Å². The van der Waals surface area contributed by atoms with Crippen LogP contribution < -0.4 is 10.1 Å². The molecule has 0 aliphatic carbocycles. The van der Waals surface area contributed by atoms with Crippen LogP contribution in [0.5, 0.6) is 5.75 Å². The zero-order chi connectivity index (χ0) is 15.9. The van der Waals surface area contributed by atoms with Crippen molar-refractivity contribution in [3.63, 3.8) is 0 Å². The van der Waals surface area contributed by atoms with Crippen molar-refractivity contribution in [2.24, 2.45) is 0 Å². The van der Waals surface area contributed by atoms with Gasteiger partial charge in [-0.25, -0.2) is 4.39 Å². The SMILES string of the molecule is CCCCOc1ccc(C(=O)Nc2cccc(Cl)c2F)cc1. The van der Waals surface area contributed by atoms with Gasteiger partial charge in [-0.15, -0.1) is 0 Å². The maximum absolute atomic E-state index is 13.7.